The van der Waals surface area contributed by atoms with Crippen molar-refractivity contribution in [2.24, 2.45) is 0 Å². The molecule has 3 rings (SSSR count). The molecule has 1 aromatic heterocycles. The second kappa shape index (κ2) is 8.03. The molecule has 0 saturated carbocycles. The fourth-order valence-electron chi connectivity index (χ4n) is 2.80. The first-order chi connectivity index (χ1) is 12.9. The van der Waals surface area contributed by atoms with Crippen molar-refractivity contribution in [3.63, 3.8) is 0 Å². The van der Waals surface area contributed by atoms with Crippen LogP contribution in [-0.2, 0) is 4.79 Å². The van der Waals surface area contributed by atoms with Gasteiger partial charge in [-0.15, -0.1) is 0 Å². The molecule has 0 aliphatic carbocycles. The van der Waals surface area contributed by atoms with Gasteiger partial charge in [0.25, 0.3) is 5.91 Å². The predicted molar refractivity (Wildman–Crippen MR) is 99.0 cm³/mol. The summed E-state index contributed by atoms with van der Waals surface area (Å²) in [6.45, 7) is 2.43. The van der Waals surface area contributed by atoms with Gasteiger partial charge >= 0.3 is 5.97 Å². The van der Waals surface area contributed by atoms with E-state index >= 15 is 0 Å². The van der Waals surface area contributed by atoms with Gasteiger partial charge in [0.05, 0.1) is 18.9 Å². The van der Waals surface area contributed by atoms with Crippen molar-refractivity contribution in [2.75, 3.05) is 32.1 Å². The Labute approximate surface area is 157 Å². The summed E-state index contributed by atoms with van der Waals surface area (Å²) in [7, 11) is 3.77. The van der Waals surface area contributed by atoms with Gasteiger partial charge < -0.3 is 19.3 Å². The topological polar surface area (TPSA) is 84.9 Å². The van der Waals surface area contributed by atoms with Crippen molar-refractivity contribution in [3.05, 3.63) is 42.2 Å². The van der Waals surface area contributed by atoms with Crippen LogP contribution in [0, 0.1) is 0 Å². The van der Waals surface area contributed by atoms with Crippen molar-refractivity contribution in [3.8, 4) is 11.6 Å². The van der Waals surface area contributed by atoms with Crippen LogP contribution in [-0.4, -0.2) is 60.0 Å². The number of carbonyl (C=O) groups is 2. The lowest BCUT2D eigenvalue weighted by Crippen LogP contribution is -2.31. The van der Waals surface area contributed by atoms with E-state index in [1.165, 1.54) is 6.92 Å². The first-order valence-electron chi connectivity index (χ1n) is 8.66. The molecule has 1 unspecified atom stereocenters. The Bertz CT molecular complexity index is 823. The van der Waals surface area contributed by atoms with Gasteiger partial charge in [0.1, 0.15) is 11.9 Å². The molecule has 1 aliphatic rings. The van der Waals surface area contributed by atoms with E-state index in [2.05, 4.69) is 9.97 Å². The van der Waals surface area contributed by atoms with Crippen molar-refractivity contribution < 1.29 is 19.1 Å². The van der Waals surface area contributed by atoms with E-state index in [-0.39, 0.29) is 12.0 Å². The van der Waals surface area contributed by atoms with Gasteiger partial charge in [0.15, 0.2) is 5.82 Å². The zero-order valence-electron chi connectivity index (χ0n) is 15.6. The van der Waals surface area contributed by atoms with Crippen molar-refractivity contribution in [1.82, 2.24) is 14.9 Å². The van der Waals surface area contributed by atoms with Crippen LogP contribution < -0.4 is 14.4 Å². The number of nitrogens with zero attached hydrogens (tertiary/aromatic N) is 4. The summed E-state index contributed by atoms with van der Waals surface area (Å²) < 4.78 is 10.9. The van der Waals surface area contributed by atoms with Crippen molar-refractivity contribution in [1.29, 1.82) is 0 Å². The van der Waals surface area contributed by atoms with Gasteiger partial charge in [-0.1, -0.05) is 0 Å². The van der Waals surface area contributed by atoms with Crippen LogP contribution in [0.2, 0.25) is 0 Å². The van der Waals surface area contributed by atoms with Crippen LogP contribution in [0.3, 0.4) is 0 Å². The highest BCUT2D eigenvalue weighted by molar-refractivity contribution is 5.94. The third-order valence-electron chi connectivity index (χ3n) is 4.14. The second-order valence-electron chi connectivity index (χ2n) is 6.51. The molecular weight excluding hydrogens is 348 g/mol. The molecule has 1 amide bonds. The summed E-state index contributed by atoms with van der Waals surface area (Å²) >= 11 is 0. The van der Waals surface area contributed by atoms with Crippen LogP contribution in [0.5, 0.6) is 11.6 Å². The smallest absolute Gasteiger partial charge is 0.308 e. The fraction of sp³-hybridized carbons (Fsp3) is 0.368. The Hall–Kier alpha value is -3.16. The van der Waals surface area contributed by atoms with Gasteiger partial charge in [-0.05, 0) is 24.3 Å². The maximum absolute atomic E-state index is 12.6. The minimum absolute atomic E-state index is 0.0800. The Kier molecular flexibility index (Phi) is 5.54. The quantitative estimate of drug-likeness (QED) is 0.586. The average Bonchev–Trinajstić information content (AvgIpc) is 3.10. The number of aromatic nitrogens is 2. The first kappa shape index (κ1) is 18.6. The Morgan fingerprint density at radius 2 is 1.93 bits per heavy atom. The number of ether oxygens (including phenoxy) is 2. The highest BCUT2D eigenvalue weighted by Gasteiger charge is 2.28. The van der Waals surface area contributed by atoms with Crippen LogP contribution in [0.25, 0.3) is 0 Å². The van der Waals surface area contributed by atoms with E-state index in [1.54, 1.807) is 41.6 Å². The van der Waals surface area contributed by atoms with E-state index in [4.69, 9.17) is 9.47 Å². The van der Waals surface area contributed by atoms with Crippen LogP contribution >= 0.6 is 0 Å². The zero-order chi connectivity index (χ0) is 19.4. The maximum atomic E-state index is 12.6. The molecule has 1 saturated heterocycles. The highest BCUT2D eigenvalue weighted by Crippen LogP contribution is 2.21. The number of likely N-dealkylation sites (tertiary alicyclic amines) is 1. The lowest BCUT2D eigenvalue weighted by atomic mass is 10.2. The summed E-state index contributed by atoms with van der Waals surface area (Å²) in [5.74, 6) is 1.11. The summed E-state index contributed by atoms with van der Waals surface area (Å²) in [6.07, 6.45) is 3.84. The molecule has 2 heterocycles. The van der Waals surface area contributed by atoms with Gasteiger partial charge in [-0.3, -0.25) is 14.6 Å². The third kappa shape index (κ3) is 4.72. The molecule has 27 heavy (non-hydrogen) atoms. The van der Waals surface area contributed by atoms with E-state index < -0.39 is 5.97 Å². The van der Waals surface area contributed by atoms with E-state index in [0.29, 0.717) is 36.1 Å². The molecule has 8 heteroatoms. The van der Waals surface area contributed by atoms with Gasteiger partial charge in [-0.25, -0.2) is 0 Å². The standard InChI is InChI=1S/C19H22N4O4/c1-13(24)26-15-6-4-14(5-7-15)19(25)23-9-8-16(12-23)27-18-11-20-10-17(21-18)22(2)3/h4-7,10-11,16H,8-9,12H2,1-3H3. The molecule has 2 aromatic rings. The Morgan fingerprint density at radius 3 is 2.59 bits per heavy atom. The lowest BCUT2D eigenvalue weighted by Gasteiger charge is -2.18. The third-order valence-corrected chi connectivity index (χ3v) is 4.14. The monoisotopic (exact) mass is 370 g/mol. The number of amides is 1. The molecule has 1 aliphatic heterocycles. The molecule has 0 spiro atoms. The van der Waals surface area contributed by atoms with E-state index in [0.717, 1.165) is 6.42 Å². The summed E-state index contributed by atoms with van der Waals surface area (Å²) in [5, 5.41) is 0. The van der Waals surface area contributed by atoms with Crippen molar-refractivity contribution in [2.45, 2.75) is 19.4 Å². The van der Waals surface area contributed by atoms with Crippen LogP contribution in [0.15, 0.2) is 36.7 Å². The summed E-state index contributed by atoms with van der Waals surface area (Å²) in [5.41, 5.74) is 0.543. The number of benzene rings is 1. The molecule has 1 fully saturated rings. The lowest BCUT2D eigenvalue weighted by molar-refractivity contribution is -0.131. The molecule has 1 aromatic carbocycles. The van der Waals surface area contributed by atoms with Gasteiger partial charge in [0.2, 0.25) is 5.88 Å². The van der Waals surface area contributed by atoms with Gasteiger partial charge in [0, 0.05) is 39.5 Å². The van der Waals surface area contributed by atoms with Crippen molar-refractivity contribution >= 4 is 17.7 Å². The van der Waals surface area contributed by atoms with E-state index in [9.17, 15) is 9.59 Å². The molecule has 8 nitrogen and oxygen atoms in total. The molecular formula is C19H22N4O4. The van der Waals surface area contributed by atoms with Crippen LogP contribution in [0.4, 0.5) is 5.82 Å². The number of hydrogen-bond acceptors (Lipinski definition) is 7. The molecule has 142 valence electrons. The summed E-state index contributed by atoms with van der Waals surface area (Å²) in [4.78, 5) is 35.7. The zero-order valence-corrected chi connectivity index (χ0v) is 15.6. The average molecular weight is 370 g/mol. The predicted octanol–water partition coefficient (Wildman–Crippen LogP) is 1.76. The van der Waals surface area contributed by atoms with E-state index in [1.807, 2.05) is 19.0 Å². The SMILES string of the molecule is CC(=O)Oc1ccc(C(=O)N2CCC(Oc3cncc(N(C)C)n3)C2)cc1. The highest BCUT2D eigenvalue weighted by atomic mass is 16.5. The fourth-order valence-corrected chi connectivity index (χ4v) is 2.80. The number of carbonyl (C=O) groups excluding carboxylic acids is 2. The van der Waals surface area contributed by atoms with Crippen LogP contribution in [0.1, 0.15) is 23.7 Å². The normalized spacial score (nSPS) is 16.1. The molecule has 0 N–H and O–H groups in total. The number of hydrogen-bond donors (Lipinski definition) is 0. The van der Waals surface area contributed by atoms with Gasteiger partial charge in [-0.2, -0.15) is 4.98 Å². The summed E-state index contributed by atoms with van der Waals surface area (Å²) in [6, 6.07) is 6.53. The molecule has 0 radical (unpaired) electrons. The Morgan fingerprint density at radius 1 is 1.19 bits per heavy atom. The molecule has 0 bridgehead atoms. The maximum Gasteiger partial charge on any atom is 0.308 e. The number of esters is 1. The largest absolute Gasteiger partial charge is 0.471 e. The molecule has 1 atom stereocenters. The Balaban J connectivity index is 1.59. The minimum Gasteiger partial charge on any atom is -0.471 e. The first-order valence-corrected chi connectivity index (χ1v) is 8.66. The minimum atomic E-state index is -0.393. The number of rotatable bonds is 5. The second-order valence-corrected chi connectivity index (χ2v) is 6.51. The number of anilines is 1.